The molecule has 1 rings (SSSR count). The minimum Gasteiger partial charge on any atom is -0.382 e. The molecule has 0 aliphatic heterocycles. The van der Waals surface area contributed by atoms with Crippen LogP contribution < -0.4 is 11.1 Å². The second-order valence-electron chi connectivity index (χ2n) is 4.36. The van der Waals surface area contributed by atoms with E-state index < -0.39 is 0 Å². The van der Waals surface area contributed by atoms with Crippen molar-refractivity contribution in [3.8, 4) is 0 Å². The van der Waals surface area contributed by atoms with Gasteiger partial charge >= 0.3 is 0 Å². The van der Waals surface area contributed by atoms with Gasteiger partial charge in [0.1, 0.15) is 11.6 Å². The van der Waals surface area contributed by atoms with Crippen molar-refractivity contribution in [2.45, 2.75) is 39.7 Å². The Bertz CT molecular complexity index is 281. The molecule has 4 nitrogen and oxygen atoms in total. The Morgan fingerprint density at radius 2 is 1.93 bits per heavy atom. The lowest BCUT2D eigenvalue weighted by molar-refractivity contribution is 0.527. The summed E-state index contributed by atoms with van der Waals surface area (Å²) in [7, 11) is 0. The van der Waals surface area contributed by atoms with Crippen LogP contribution in [-0.2, 0) is 0 Å². The molecule has 84 valence electrons. The number of rotatable bonds is 5. The molecule has 0 radical (unpaired) electrons. The van der Waals surface area contributed by atoms with Gasteiger partial charge in [0, 0.05) is 6.04 Å². The fraction of sp³-hybridized carbons (Fsp3) is 0.636. The van der Waals surface area contributed by atoms with Gasteiger partial charge in [0.05, 0.1) is 0 Å². The van der Waals surface area contributed by atoms with Crippen molar-refractivity contribution in [1.82, 2.24) is 10.2 Å². The lowest BCUT2D eigenvalue weighted by atomic mass is 10.0. The first-order chi connectivity index (χ1) is 7.08. The quantitative estimate of drug-likeness (QED) is 0.779. The van der Waals surface area contributed by atoms with E-state index in [0.29, 0.717) is 11.9 Å². The number of nitrogen functional groups attached to an aromatic ring is 1. The molecule has 0 aromatic carbocycles. The summed E-state index contributed by atoms with van der Waals surface area (Å²) in [5, 5.41) is 11.0. The van der Waals surface area contributed by atoms with Crippen LogP contribution in [0.1, 0.15) is 33.6 Å². The highest BCUT2D eigenvalue weighted by atomic mass is 15.2. The highest BCUT2D eigenvalue weighted by molar-refractivity contribution is 5.38. The predicted octanol–water partition coefficient (Wildman–Crippen LogP) is 2.30. The van der Waals surface area contributed by atoms with Gasteiger partial charge in [-0.2, -0.15) is 0 Å². The van der Waals surface area contributed by atoms with E-state index in [0.717, 1.165) is 18.2 Å². The van der Waals surface area contributed by atoms with Crippen LogP contribution in [0.5, 0.6) is 0 Å². The number of anilines is 2. The molecule has 3 N–H and O–H groups in total. The van der Waals surface area contributed by atoms with E-state index in [1.807, 2.05) is 6.07 Å². The Hall–Kier alpha value is -1.32. The van der Waals surface area contributed by atoms with Crippen LogP contribution in [-0.4, -0.2) is 16.2 Å². The van der Waals surface area contributed by atoms with Gasteiger partial charge in [0.25, 0.3) is 0 Å². The maximum atomic E-state index is 5.45. The van der Waals surface area contributed by atoms with Crippen LogP contribution in [0.2, 0.25) is 0 Å². The van der Waals surface area contributed by atoms with Crippen LogP contribution >= 0.6 is 0 Å². The summed E-state index contributed by atoms with van der Waals surface area (Å²) in [5.41, 5.74) is 5.45. The normalized spacial score (nSPS) is 12.8. The van der Waals surface area contributed by atoms with E-state index in [2.05, 4.69) is 36.3 Å². The Kier molecular flexibility index (Phi) is 4.34. The first-order valence-corrected chi connectivity index (χ1v) is 5.43. The van der Waals surface area contributed by atoms with Crippen molar-refractivity contribution in [2.75, 3.05) is 11.1 Å². The van der Waals surface area contributed by atoms with E-state index in [1.165, 1.54) is 6.42 Å². The molecule has 0 fully saturated rings. The summed E-state index contributed by atoms with van der Waals surface area (Å²) in [4.78, 5) is 0. The molecule has 15 heavy (non-hydrogen) atoms. The number of hydrogen-bond donors (Lipinski definition) is 2. The summed E-state index contributed by atoms with van der Waals surface area (Å²) in [6, 6.07) is 4.03. The molecule has 1 aromatic rings. The van der Waals surface area contributed by atoms with Crippen molar-refractivity contribution >= 4 is 11.6 Å². The highest BCUT2D eigenvalue weighted by Crippen LogP contribution is 2.11. The summed E-state index contributed by atoms with van der Waals surface area (Å²) < 4.78 is 0. The zero-order valence-corrected chi connectivity index (χ0v) is 9.70. The van der Waals surface area contributed by atoms with Gasteiger partial charge in [0.2, 0.25) is 0 Å². The molecule has 1 unspecified atom stereocenters. The fourth-order valence-corrected chi connectivity index (χ4v) is 1.33. The van der Waals surface area contributed by atoms with Crippen LogP contribution in [0.15, 0.2) is 12.1 Å². The molecule has 0 aliphatic carbocycles. The zero-order chi connectivity index (χ0) is 11.3. The van der Waals surface area contributed by atoms with Gasteiger partial charge in [0.15, 0.2) is 0 Å². The van der Waals surface area contributed by atoms with E-state index in [1.54, 1.807) is 6.07 Å². The number of aromatic nitrogens is 2. The van der Waals surface area contributed by atoms with Crippen molar-refractivity contribution < 1.29 is 0 Å². The third-order valence-electron chi connectivity index (χ3n) is 2.26. The average molecular weight is 208 g/mol. The number of nitrogens with zero attached hydrogens (tertiary/aromatic N) is 2. The molecule has 0 bridgehead atoms. The van der Waals surface area contributed by atoms with Gasteiger partial charge in [-0.15, -0.1) is 10.2 Å². The average Bonchev–Trinajstić information content (AvgIpc) is 2.19. The van der Waals surface area contributed by atoms with Crippen LogP contribution in [0.25, 0.3) is 0 Å². The van der Waals surface area contributed by atoms with Crippen LogP contribution in [0.4, 0.5) is 11.6 Å². The molecule has 1 aromatic heterocycles. The molecule has 0 saturated heterocycles. The molecular formula is C11H20N4. The second-order valence-corrected chi connectivity index (χ2v) is 4.36. The molecule has 1 atom stereocenters. The maximum Gasteiger partial charge on any atom is 0.149 e. The van der Waals surface area contributed by atoms with Gasteiger partial charge in [-0.05, 0) is 37.8 Å². The van der Waals surface area contributed by atoms with Gasteiger partial charge in [-0.25, -0.2) is 0 Å². The smallest absolute Gasteiger partial charge is 0.149 e. The monoisotopic (exact) mass is 208 g/mol. The molecular weight excluding hydrogens is 188 g/mol. The van der Waals surface area contributed by atoms with Crippen LogP contribution in [0.3, 0.4) is 0 Å². The number of nitrogens with two attached hydrogens (primary N) is 1. The molecule has 0 spiro atoms. The SMILES string of the molecule is CC(C)CCC(C)Nc1ccc(N)nn1. The van der Waals surface area contributed by atoms with Gasteiger partial charge in [-0.3, -0.25) is 0 Å². The topological polar surface area (TPSA) is 63.8 Å². The van der Waals surface area contributed by atoms with Crippen LogP contribution in [0, 0.1) is 5.92 Å². The molecule has 0 amide bonds. The molecule has 1 heterocycles. The largest absolute Gasteiger partial charge is 0.382 e. The van der Waals surface area contributed by atoms with E-state index in [-0.39, 0.29) is 0 Å². The molecule has 0 saturated carbocycles. The lowest BCUT2D eigenvalue weighted by Crippen LogP contribution is -2.17. The molecule has 0 aliphatic rings. The Morgan fingerprint density at radius 3 is 2.47 bits per heavy atom. The zero-order valence-electron chi connectivity index (χ0n) is 9.70. The number of nitrogens with one attached hydrogen (secondary N) is 1. The van der Waals surface area contributed by atoms with Crippen molar-refractivity contribution in [3.05, 3.63) is 12.1 Å². The molecule has 4 heteroatoms. The second kappa shape index (κ2) is 5.53. The van der Waals surface area contributed by atoms with Crippen molar-refractivity contribution in [3.63, 3.8) is 0 Å². The van der Waals surface area contributed by atoms with Gasteiger partial charge < -0.3 is 11.1 Å². The number of hydrogen-bond acceptors (Lipinski definition) is 4. The maximum absolute atomic E-state index is 5.45. The van der Waals surface area contributed by atoms with Crippen molar-refractivity contribution in [1.29, 1.82) is 0 Å². The van der Waals surface area contributed by atoms with E-state index in [4.69, 9.17) is 5.73 Å². The van der Waals surface area contributed by atoms with Crippen molar-refractivity contribution in [2.24, 2.45) is 5.92 Å². The third kappa shape index (κ3) is 4.63. The summed E-state index contributed by atoms with van der Waals surface area (Å²) in [6.07, 6.45) is 2.36. The lowest BCUT2D eigenvalue weighted by Gasteiger charge is -2.15. The Morgan fingerprint density at radius 1 is 1.20 bits per heavy atom. The summed E-state index contributed by atoms with van der Waals surface area (Å²) in [6.45, 7) is 6.62. The third-order valence-corrected chi connectivity index (χ3v) is 2.26. The van der Waals surface area contributed by atoms with Gasteiger partial charge in [-0.1, -0.05) is 13.8 Å². The minimum absolute atomic E-state index is 0.422. The first-order valence-electron chi connectivity index (χ1n) is 5.43. The summed E-state index contributed by atoms with van der Waals surface area (Å²) >= 11 is 0. The van der Waals surface area contributed by atoms with E-state index >= 15 is 0 Å². The minimum atomic E-state index is 0.422. The van der Waals surface area contributed by atoms with E-state index in [9.17, 15) is 0 Å². The Labute approximate surface area is 91.3 Å². The summed E-state index contributed by atoms with van der Waals surface area (Å²) in [5.74, 6) is 1.99. The predicted molar refractivity (Wildman–Crippen MR) is 63.6 cm³/mol. The fourth-order valence-electron chi connectivity index (χ4n) is 1.33. The first kappa shape index (κ1) is 11.8. The highest BCUT2D eigenvalue weighted by Gasteiger charge is 2.04. The standard InChI is InChI=1S/C11H20N4/c1-8(2)4-5-9(3)13-11-7-6-10(12)14-15-11/h6-9H,4-5H2,1-3H3,(H2,12,14)(H,13,15). The Balaban J connectivity index is 2.37.